The Morgan fingerprint density at radius 2 is 1.44 bits per heavy atom. The van der Waals surface area contributed by atoms with Gasteiger partial charge in [0.1, 0.15) is 17.8 Å². The van der Waals surface area contributed by atoms with E-state index in [2.05, 4.69) is 5.32 Å². The summed E-state index contributed by atoms with van der Waals surface area (Å²) in [5, 5.41) is 16.1. The fraction of sp³-hybridized carbons (Fsp3) is 0.407. The summed E-state index contributed by atoms with van der Waals surface area (Å²) in [6.45, 7) is 3.43. The van der Waals surface area contributed by atoms with Crippen LogP contribution in [-0.2, 0) is 24.8 Å². The lowest BCUT2D eigenvalue weighted by Crippen LogP contribution is -2.59. The van der Waals surface area contributed by atoms with Crippen LogP contribution in [0.2, 0.25) is 5.02 Å². The second-order valence-corrected chi connectivity index (χ2v) is 10.2. The highest BCUT2D eigenvalue weighted by atomic mass is 35.5. The monoisotopic (exact) mass is 639 g/mol. The average Bonchev–Trinajstić information content (AvgIpc) is 2.92. The molecule has 0 fully saturated rings. The molecule has 4 N–H and O–H groups in total. The molecule has 4 atom stereocenters. The molecule has 3 amide bonds. The summed E-state index contributed by atoms with van der Waals surface area (Å²) in [5.74, 6) is -7.55. The van der Waals surface area contributed by atoms with Gasteiger partial charge in [0.25, 0.3) is 17.3 Å². The Kier molecular flexibility index (Phi) is 11.2. The van der Waals surface area contributed by atoms with Gasteiger partial charge in [-0.2, -0.15) is 26.3 Å². The molecule has 0 heterocycles. The molecule has 236 valence electrons. The Balaban J connectivity index is 2.38. The fourth-order valence-corrected chi connectivity index (χ4v) is 4.01. The number of carbonyl (C=O) groups excluding carboxylic acids is 4. The zero-order valence-electron chi connectivity index (χ0n) is 23.1. The lowest BCUT2D eigenvalue weighted by Gasteiger charge is -2.31. The predicted octanol–water partition coefficient (Wildman–Crippen LogP) is 3.73. The van der Waals surface area contributed by atoms with Crippen molar-refractivity contribution in [3.63, 3.8) is 0 Å². The van der Waals surface area contributed by atoms with Gasteiger partial charge in [-0.1, -0.05) is 49.7 Å². The maximum Gasteiger partial charge on any atom is 0.452 e. The van der Waals surface area contributed by atoms with Crippen molar-refractivity contribution in [1.82, 2.24) is 16.0 Å². The molecule has 0 spiro atoms. The fourth-order valence-electron chi connectivity index (χ4n) is 3.82. The Morgan fingerprint density at radius 3 is 1.91 bits per heavy atom. The number of hydrogen-bond donors (Lipinski definition) is 4. The minimum absolute atomic E-state index is 0.0159. The van der Waals surface area contributed by atoms with Gasteiger partial charge in [0.15, 0.2) is 0 Å². The number of carbonyl (C=O) groups is 4. The number of amides is 3. The zero-order chi connectivity index (χ0) is 32.9. The smallest absolute Gasteiger partial charge is 0.452 e. The van der Waals surface area contributed by atoms with Crippen molar-refractivity contribution in [2.75, 3.05) is 7.11 Å². The van der Waals surface area contributed by atoms with Crippen molar-refractivity contribution in [2.45, 2.75) is 56.9 Å². The van der Waals surface area contributed by atoms with Crippen LogP contribution in [0.5, 0.6) is 5.75 Å². The molecular formula is C27H28ClF6N3O6. The van der Waals surface area contributed by atoms with Gasteiger partial charge in [-0.05, 0) is 42.7 Å². The highest BCUT2D eigenvalue weighted by Crippen LogP contribution is 2.40. The van der Waals surface area contributed by atoms with E-state index < -0.39 is 71.1 Å². The quantitative estimate of drug-likeness (QED) is 0.277. The van der Waals surface area contributed by atoms with Crippen LogP contribution in [0.25, 0.3) is 0 Å². The van der Waals surface area contributed by atoms with E-state index in [1.54, 1.807) is 5.32 Å². The first-order chi connectivity index (χ1) is 19.7. The maximum atomic E-state index is 13.9. The molecule has 0 aromatic heterocycles. The number of methoxy groups -OCH3 is 1. The summed E-state index contributed by atoms with van der Waals surface area (Å²) in [6.07, 6.45) is -10.9. The second-order valence-electron chi connectivity index (χ2n) is 9.72. The third-order valence-electron chi connectivity index (χ3n) is 6.25. The number of aliphatic hydroxyl groups is 1. The van der Waals surface area contributed by atoms with Crippen molar-refractivity contribution in [2.24, 2.45) is 5.92 Å². The van der Waals surface area contributed by atoms with Gasteiger partial charge in [-0.3, -0.25) is 19.2 Å². The van der Waals surface area contributed by atoms with E-state index in [0.29, 0.717) is 11.8 Å². The normalized spacial score (nSPS) is 15.5. The van der Waals surface area contributed by atoms with Gasteiger partial charge in [0.2, 0.25) is 11.8 Å². The van der Waals surface area contributed by atoms with Gasteiger partial charge in [0.05, 0.1) is 13.2 Å². The number of benzene rings is 2. The number of hydrogen-bond acceptors (Lipinski definition) is 6. The third-order valence-corrected chi connectivity index (χ3v) is 6.48. The van der Waals surface area contributed by atoms with E-state index in [0.717, 1.165) is 19.1 Å². The first-order valence-corrected chi connectivity index (χ1v) is 12.8. The van der Waals surface area contributed by atoms with Crippen molar-refractivity contribution in [1.29, 1.82) is 0 Å². The summed E-state index contributed by atoms with van der Waals surface area (Å²) in [6, 6.07) is 3.34. The Hall–Kier alpha value is -3.85. The molecule has 2 aromatic rings. The van der Waals surface area contributed by atoms with E-state index in [1.807, 2.05) is 5.32 Å². The minimum Gasteiger partial charge on any atom is -0.497 e. The lowest BCUT2D eigenvalue weighted by atomic mass is 9.91. The Morgan fingerprint density at radius 1 is 0.860 bits per heavy atom. The van der Waals surface area contributed by atoms with Crippen molar-refractivity contribution in [3.05, 3.63) is 64.7 Å². The number of alkyl halides is 6. The van der Waals surface area contributed by atoms with Crippen LogP contribution in [0.3, 0.4) is 0 Å². The number of ether oxygens (including phenoxy) is 1. The van der Waals surface area contributed by atoms with E-state index in [1.165, 1.54) is 51.3 Å². The lowest BCUT2D eigenvalue weighted by molar-refractivity contribution is -0.257. The van der Waals surface area contributed by atoms with Gasteiger partial charge >= 0.3 is 12.4 Å². The van der Waals surface area contributed by atoms with Crippen molar-refractivity contribution < 1.29 is 55.4 Å². The largest absolute Gasteiger partial charge is 0.497 e. The summed E-state index contributed by atoms with van der Waals surface area (Å²) >= 11 is 5.72. The molecule has 0 radical (unpaired) electrons. The minimum atomic E-state index is -5.57. The Labute approximate surface area is 246 Å². The van der Waals surface area contributed by atoms with Crippen LogP contribution < -0.4 is 20.7 Å². The number of Topliss-reactive ketones (excluding diaryl/α,β-unsaturated/α-hetero) is 1. The molecule has 0 aliphatic heterocycles. The van der Waals surface area contributed by atoms with E-state index >= 15 is 0 Å². The average molecular weight is 640 g/mol. The first kappa shape index (κ1) is 35.3. The maximum absolute atomic E-state index is 13.9. The standard InChI is InChI=1S/C27H28ClF6N3O6/c1-13(2)19(21(38)26(29,30)31)36-23(40)20(15-8-10-18(43-4)11-9-15)37-22(39)14(3)35-24(41)25(42,27(32,33)34)16-6-5-7-17(28)12-16/h5-14,19-20,42H,1-4H3,(H,35,41)(H,36,40)(H,37,39). The van der Waals surface area contributed by atoms with Crippen LogP contribution in [-0.4, -0.2) is 60.2 Å². The molecule has 9 nitrogen and oxygen atoms in total. The van der Waals surface area contributed by atoms with Crippen molar-refractivity contribution in [3.8, 4) is 5.75 Å². The molecule has 0 aliphatic carbocycles. The number of ketones is 1. The number of nitrogens with one attached hydrogen (secondary N) is 3. The highest BCUT2D eigenvalue weighted by molar-refractivity contribution is 6.30. The molecule has 43 heavy (non-hydrogen) atoms. The van der Waals surface area contributed by atoms with Gasteiger partial charge < -0.3 is 25.8 Å². The third kappa shape index (κ3) is 8.38. The van der Waals surface area contributed by atoms with E-state index in [4.69, 9.17) is 16.3 Å². The van der Waals surface area contributed by atoms with Crippen molar-refractivity contribution >= 4 is 35.1 Å². The summed E-state index contributed by atoms with van der Waals surface area (Å²) in [5.41, 5.74) is -5.10. The molecule has 0 bridgehead atoms. The molecule has 0 saturated heterocycles. The topological polar surface area (TPSA) is 134 Å². The molecule has 4 unspecified atom stereocenters. The van der Waals surface area contributed by atoms with Crippen LogP contribution in [0.1, 0.15) is 37.9 Å². The molecule has 16 heteroatoms. The SMILES string of the molecule is COc1ccc(C(NC(=O)C(C)NC(=O)C(O)(c2cccc(Cl)c2)C(F)(F)F)C(=O)NC(C(=O)C(F)(F)F)C(C)C)cc1. The highest BCUT2D eigenvalue weighted by Gasteiger charge is 2.61. The zero-order valence-corrected chi connectivity index (χ0v) is 23.8. The predicted molar refractivity (Wildman–Crippen MR) is 141 cm³/mol. The van der Waals surface area contributed by atoms with Crippen LogP contribution in [0, 0.1) is 5.92 Å². The van der Waals surface area contributed by atoms with Gasteiger partial charge in [-0.15, -0.1) is 0 Å². The number of halogens is 7. The second kappa shape index (κ2) is 13.6. The molecule has 2 rings (SSSR count). The van der Waals surface area contributed by atoms with Gasteiger partial charge in [0, 0.05) is 10.6 Å². The van der Waals surface area contributed by atoms with E-state index in [-0.39, 0.29) is 10.6 Å². The molecule has 0 saturated carbocycles. The molecule has 0 aliphatic rings. The van der Waals surface area contributed by atoms with Crippen LogP contribution >= 0.6 is 11.6 Å². The summed E-state index contributed by atoms with van der Waals surface area (Å²) in [7, 11) is 1.33. The Bertz CT molecular complexity index is 1340. The first-order valence-electron chi connectivity index (χ1n) is 12.5. The molecule has 2 aromatic carbocycles. The van der Waals surface area contributed by atoms with Crippen LogP contribution in [0.15, 0.2) is 48.5 Å². The summed E-state index contributed by atoms with van der Waals surface area (Å²) < 4.78 is 86.3. The molecular weight excluding hydrogens is 612 g/mol. The van der Waals surface area contributed by atoms with E-state index in [9.17, 15) is 50.6 Å². The van der Waals surface area contributed by atoms with Crippen LogP contribution in [0.4, 0.5) is 26.3 Å². The summed E-state index contributed by atoms with van der Waals surface area (Å²) in [4.78, 5) is 50.9. The van der Waals surface area contributed by atoms with Gasteiger partial charge in [-0.25, -0.2) is 0 Å². The number of rotatable bonds is 11.